The first-order valence-corrected chi connectivity index (χ1v) is 6.22. The predicted octanol–water partition coefficient (Wildman–Crippen LogP) is 2.11. The minimum atomic E-state index is 0.658. The Morgan fingerprint density at radius 3 is 2.79 bits per heavy atom. The molecule has 0 aromatic carbocycles. The third-order valence-electron chi connectivity index (χ3n) is 3.22. The van der Waals surface area contributed by atoms with Crippen LogP contribution in [0.15, 0.2) is 0 Å². The molecule has 0 aromatic heterocycles. The fraction of sp³-hybridized carbons (Fsp3) is 1.00. The molecular weight excluding hydrogens is 172 g/mol. The van der Waals surface area contributed by atoms with Crippen molar-refractivity contribution in [3.63, 3.8) is 0 Å². The summed E-state index contributed by atoms with van der Waals surface area (Å²) in [5, 5.41) is 3.55. The molecule has 2 nitrogen and oxygen atoms in total. The van der Waals surface area contributed by atoms with Crippen LogP contribution in [0.4, 0.5) is 0 Å². The van der Waals surface area contributed by atoms with Gasteiger partial charge < -0.3 is 10.2 Å². The van der Waals surface area contributed by atoms with E-state index >= 15 is 0 Å². The molecule has 1 rings (SSSR count). The maximum Gasteiger partial charge on any atom is 0.0166 e. The first-order valence-electron chi connectivity index (χ1n) is 6.22. The molecule has 1 aliphatic heterocycles. The van der Waals surface area contributed by atoms with Crippen molar-refractivity contribution >= 4 is 0 Å². The van der Waals surface area contributed by atoms with Crippen molar-refractivity contribution in [1.29, 1.82) is 0 Å². The monoisotopic (exact) mass is 198 g/mol. The second kappa shape index (κ2) is 6.41. The van der Waals surface area contributed by atoms with Crippen LogP contribution in [0.5, 0.6) is 0 Å². The number of nitrogens with one attached hydrogen (secondary N) is 1. The van der Waals surface area contributed by atoms with E-state index in [1.807, 2.05) is 0 Å². The Morgan fingerprint density at radius 2 is 2.21 bits per heavy atom. The molecule has 0 spiro atoms. The van der Waals surface area contributed by atoms with Crippen molar-refractivity contribution in [2.45, 2.75) is 46.1 Å². The van der Waals surface area contributed by atoms with Crippen molar-refractivity contribution in [2.24, 2.45) is 5.92 Å². The zero-order valence-electron chi connectivity index (χ0n) is 10.1. The summed E-state index contributed by atoms with van der Waals surface area (Å²) in [5.41, 5.74) is 0. The van der Waals surface area contributed by atoms with E-state index in [9.17, 15) is 0 Å². The lowest BCUT2D eigenvalue weighted by Crippen LogP contribution is -2.38. The average molecular weight is 198 g/mol. The normalized spacial score (nSPS) is 25.5. The van der Waals surface area contributed by atoms with Crippen LogP contribution in [0, 0.1) is 5.92 Å². The molecular formula is C12H26N2. The SMILES string of the molecule is CCCNC(C)CN1CCC(CC)C1. The topological polar surface area (TPSA) is 15.3 Å². The van der Waals surface area contributed by atoms with Crippen molar-refractivity contribution in [1.82, 2.24) is 10.2 Å². The smallest absolute Gasteiger partial charge is 0.0166 e. The van der Waals surface area contributed by atoms with Crippen molar-refractivity contribution in [3.05, 3.63) is 0 Å². The lowest BCUT2D eigenvalue weighted by atomic mass is 10.1. The fourth-order valence-corrected chi connectivity index (χ4v) is 2.25. The molecule has 0 amide bonds. The molecule has 84 valence electrons. The lowest BCUT2D eigenvalue weighted by molar-refractivity contribution is 0.287. The molecule has 1 fully saturated rings. The highest BCUT2D eigenvalue weighted by atomic mass is 15.2. The van der Waals surface area contributed by atoms with Crippen LogP contribution in [0.3, 0.4) is 0 Å². The van der Waals surface area contributed by atoms with Crippen molar-refractivity contribution in [3.8, 4) is 0 Å². The van der Waals surface area contributed by atoms with Crippen LogP contribution in [-0.2, 0) is 0 Å². The minimum Gasteiger partial charge on any atom is -0.313 e. The van der Waals surface area contributed by atoms with E-state index in [2.05, 4.69) is 31.0 Å². The first kappa shape index (κ1) is 12.0. The maximum absolute atomic E-state index is 3.55. The summed E-state index contributed by atoms with van der Waals surface area (Å²) >= 11 is 0. The highest BCUT2D eigenvalue weighted by Crippen LogP contribution is 2.18. The van der Waals surface area contributed by atoms with Crippen LogP contribution in [-0.4, -0.2) is 37.1 Å². The van der Waals surface area contributed by atoms with Gasteiger partial charge in [-0.25, -0.2) is 0 Å². The van der Waals surface area contributed by atoms with Crippen LogP contribution < -0.4 is 5.32 Å². The molecule has 1 aliphatic rings. The highest BCUT2D eigenvalue weighted by molar-refractivity contribution is 4.77. The van der Waals surface area contributed by atoms with Crippen LogP contribution in [0.1, 0.15) is 40.0 Å². The van der Waals surface area contributed by atoms with Crippen LogP contribution >= 0.6 is 0 Å². The van der Waals surface area contributed by atoms with Crippen LogP contribution in [0.2, 0.25) is 0 Å². The van der Waals surface area contributed by atoms with Gasteiger partial charge in [0, 0.05) is 19.1 Å². The number of likely N-dealkylation sites (tertiary alicyclic amines) is 1. The predicted molar refractivity (Wildman–Crippen MR) is 62.6 cm³/mol. The number of rotatable bonds is 6. The van der Waals surface area contributed by atoms with Gasteiger partial charge in [0.2, 0.25) is 0 Å². The summed E-state index contributed by atoms with van der Waals surface area (Å²) in [4.78, 5) is 2.61. The standard InChI is InChI=1S/C12H26N2/c1-4-7-13-11(3)9-14-8-6-12(5-2)10-14/h11-13H,4-10H2,1-3H3. The van der Waals surface area contributed by atoms with Gasteiger partial charge in [-0.1, -0.05) is 20.3 Å². The van der Waals surface area contributed by atoms with E-state index < -0.39 is 0 Å². The Balaban J connectivity index is 2.12. The molecule has 0 bridgehead atoms. The van der Waals surface area contributed by atoms with Gasteiger partial charge in [0.1, 0.15) is 0 Å². The lowest BCUT2D eigenvalue weighted by Gasteiger charge is -2.21. The Hall–Kier alpha value is -0.0800. The fourth-order valence-electron chi connectivity index (χ4n) is 2.25. The van der Waals surface area contributed by atoms with E-state index in [1.54, 1.807) is 0 Å². The summed E-state index contributed by atoms with van der Waals surface area (Å²) in [5.74, 6) is 0.966. The van der Waals surface area contributed by atoms with Gasteiger partial charge >= 0.3 is 0 Å². The minimum absolute atomic E-state index is 0.658. The summed E-state index contributed by atoms with van der Waals surface area (Å²) < 4.78 is 0. The van der Waals surface area contributed by atoms with Gasteiger partial charge in [0.15, 0.2) is 0 Å². The van der Waals surface area contributed by atoms with Crippen molar-refractivity contribution in [2.75, 3.05) is 26.2 Å². The van der Waals surface area contributed by atoms with E-state index in [0.29, 0.717) is 6.04 Å². The molecule has 2 atom stereocenters. The zero-order chi connectivity index (χ0) is 10.4. The molecule has 2 heteroatoms. The molecule has 1 N–H and O–H groups in total. The largest absolute Gasteiger partial charge is 0.313 e. The molecule has 0 saturated carbocycles. The molecule has 0 radical (unpaired) electrons. The molecule has 14 heavy (non-hydrogen) atoms. The Morgan fingerprint density at radius 1 is 1.43 bits per heavy atom. The van der Waals surface area contributed by atoms with Gasteiger partial charge in [0.05, 0.1) is 0 Å². The Kier molecular flexibility index (Phi) is 5.49. The van der Waals surface area contributed by atoms with E-state index in [4.69, 9.17) is 0 Å². The molecule has 2 unspecified atom stereocenters. The van der Waals surface area contributed by atoms with E-state index in [0.717, 1.165) is 12.5 Å². The maximum atomic E-state index is 3.55. The molecule has 0 aliphatic carbocycles. The number of hydrogen-bond acceptors (Lipinski definition) is 2. The Labute approximate surface area is 89.1 Å². The van der Waals surface area contributed by atoms with Gasteiger partial charge in [-0.3, -0.25) is 0 Å². The molecule has 1 heterocycles. The third kappa shape index (κ3) is 3.97. The summed E-state index contributed by atoms with van der Waals surface area (Å²) in [6.07, 6.45) is 4.01. The first-order chi connectivity index (χ1) is 6.76. The summed E-state index contributed by atoms with van der Waals surface area (Å²) in [7, 11) is 0. The third-order valence-corrected chi connectivity index (χ3v) is 3.22. The number of nitrogens with zero attached hydrogens (tertiary/aromatic N) is 1. The van der Waals surface area contributed by atoms with E-state index in [1.165, 1.54) is 38.9 Å². The second-order valence-corrected chi connectivity index (χ2v) is 4.68. The van der Waals surface area contributed by atoms with Gasteiger partial charge in [0.25, 0.3) is 0 Å². The highest BCUT2D eigenvalue weighted by Gasteiger charge is 2.21. The summed E-state index contributed by atoms with van der Waals surface area (Å²) in [6, 6.07) is 0.658. The van der Waals surface area contributed by atoms with E-state index in [-0.39, 0.29) is 0 Å². The van der Waals surface area contributed by atoms with Gasteiger partial charge in [-0.15, -0.1) is 0 Å². The Bertz CT molecular complexity index is 147. The van der Waals surface area contributed by atoms with Crippen molar-refractivity contribution < 1.29 is 0 Å². The number of hydrogen-bond donors (Lipinski definition) is 1. The average Bonchev–Trinajstić information content (AvgIpc) is 2.62. The molecule has 1 saturated heterocycles. The second-order valence-electron chi connectivity index (χ2n) is 4.68. The summed E-state index contributed by atoms with van der Waals surface area (Å²) in [6.45, 7) is 11.9. The van der Waals surface area contributed by atoms with Gasteiger partial charge in [-0.2, -0.15) is 0 Å². The quantitative estimate of drug-likeness (QED) is 0.703. The molecule has 0 aromatic rings. The van der Waals surface area contributed by atoms with Crippen LogP contribution in [0.25, 0.3) is 0 Å². The van der Waals surface area contributed by atoms with Gasteiger partial charge in [-0.05, 0) is 38.8 Å². The zero-order valence-corrected chi connectivity index (χ0v) is 10.1.